The zero-order chi connectivity index (χ0) is 28.3. The molecule has 2 amide bonds. The molecule has 40 heavy (non-hydrogen) atoms. The van der Waals surface area contributed by atoms with Gasteiger partial charge in [-0.3, -0.25) is 9.59 Å². The van der Waals surface area contributed by atoms with E-state index >= 15 is 0 Å². The summed E-state index contributed by atoms with van der Waals surface area (Å²) in [6.45, 7) is 1.70. The summed E-state index contributed by atoms with van der Waals surface area (Å²) in [6, 6.07) is 23.2. The molecule has 204 valence electrons. The molecule has 4 aromatic rings. The second kappa shape index (κ2) is 11.2. The summed E-state index contributed by atoms with van der Waals surface area (Å²) < 4.78 is 45.1. The van der Waals surface area contributed by atoms with Gasteiger partial charge < -0.3 is 9.73 Å². The Balaban J connectivity index is 1.39. The van der Waals surface area contributed by atoms with Crippen molar-refractivity contribution in [2.45, 2.75) is 38.3 Å². The molecule has 0 fully saturated rings. The van der Waals surface area contributed by atoms with Crippen LogP contribution in [0.3, 0.4) is 0 Å². The minimum Gasteiger partial charge on any atom is -0.455 e. The van der Waals surface area contributed by atoms with Crippen LogP contribution in [0, 0.1) is 6.92 Å². The predicted molar refractivity (Wildman–Crippen MR) is 145 cm³/mol. The van der Waals surface area contributed by atoms with E-state index in [1.807, 2.05) is 60.7 Å². The van der Waals surface area contributed by atoms with Crippen molar-refractivity contribution in [3.05, 3.63) is 124 Å². The van der Waals surface area contributed by atoms with Crippen LogP contribution in [-0.4, -0.2) is 17.5 Å². The van der Waals surface area contributed by atoms with Crippen LogP contribution in [0.25, 0.3) is 0 Å². The van der Waals surface area contributed by atoms with Crippen LogP contribution in [-0.2, 0) is 17.4 Å². The molecule has 0 unspecified atom stereocenters. The van der Waals surface area contributed by atoms with Crippen LogP contribution in [0.1, 0.15) is 62.9 Å². The number of nitrogens with zero attached hydrogens (tertiary/aromatic N) is 1. The molecule has 1 heterocycles. The number of hydrazone groups is 1. The average Bonchev–Trinajstić information content (AvgIpc) is 3.30. The highest BCUT2D eigenvalue weighted by molar-refractivity contribution is 6.09. The third-order valence-corrected chi connectivity index (χ3v) is 6.81. The molecule has 0 saturated carbocycles. The molecule has 0 bridgehead atoms. The Kier molecular flexibility index (Phi) is 7.55. The lowest BCUT2D eigenvalue weighted by Gasteiger charge is -2.18. The largest absolute Gasteiger partial charge is 0.455 e. The van der Waals surface area contributed by atoms with Crippen LogP contribution in [0.4, 0.5) is 18.9 Å². The summed E-state index contributed by atoms with van der Waals surface area (Å²) in [4.78, 5) is 26.4. The molecule has 0 radical (unpaired) electrons. The van der Waals surface area contributed by atoms with E-state index in [-0.39, 0.29) is 17.4 Å². The number of hydrogen-bond acceptors (Lipinski definition) is 4. The highest BCUT2D eigenvalue weighted by Gasteiger charge is 2.32. The van der Waals surface area contributed by atoms with Crippen molar-refractivity contribution in [2.75, 3.05) is 5.32 Å². The van der Waals surface area contributed by atoms with Gasteiger partial charge in [-0.25, -0.2) is 5.43 Å². The smallest absolute Gasteiger partial charge is 0.416 e. The number of hydrogen-bond donors (Lipinski definition) is 2. The van der Waals surface area contributed by atoms with Gasteiger partial charge in [0.25, 0.3) is 11.8 Å². The molecule has 5 rings (SSSR count). The topological polar surface area (TPSA) is 83.7 Å². The summed E-state index contributed by atoms with van der Waals surface area (Å²) in [6.07, 6.45) is -2.71. The molecule has 3 aromatic carbocycles. The normalized spacial score (nSPS) is 14.2. The Morgan fingerprint density at radius 2 is 1.55 bits per heavy atom. The number of carbonyl (C=O) groups excluding carboxylic acids is 2. The fraction of sp³-hybridized carbons (Fsp3) is 0.194. The monoisotopic (exact) mass is 545 g/mol. The molecule has 0 aliphatic heterocycles. The minimum atomic E-state index is -4.53. The predicted octanol–water partition coefficient (Wildman–Crippen LogP) is 6.85. The number of amides is 2. The van der Waals surface area contributed by atoms with Gasteiger partial charge in [-0.1, -0.05) is 66.7 Å². The molecular formula is C31H26F3N3O3. The maximum atomic E-state index is 13.4. The minimum absolute atomic E-state index is 0.00242. The number of aryl methyl sites for hydroxylation is 1. The van der Waals surface area contributed by atoms with Crippen molar-refractivity contribution < 1.29 is 27.2 Å². The SMILES string of the molecule is Cc1c(C(=O)Nc2cccc(C(F)(F)F)c2)oc2c1/C(=N/NC(=O)C(c1ccccc1)c1ccccc1)CCC2. The molecule has 2 N–H and O–H groups in total. The Bertz CT molecular complexity index is 1520. The zero-order valence-corrected chi connectivity index (χ0v) is 21.6. The van der Waals surface area contributed by atoms with Gasteiger partial charge in [-0.15, -0.1) is 0 Å². The molecule has 1 aliphatic rings. The number of halogens is 3. The number of nitrogens with one attached hydrogen (secondary N) is 2. The third-order valence-electron chi connectivity index (χ3n) is 6.81. The molecule has 0 atom stereocenters. The fourth-order valence-corrected chi connectivity index (χ4v) is 4.93. The van der Waals surface area contributed by atoms with E-state index in [1.54, 1.807) is 6.92 Å². The Morgan fingerprint density at radius 3 is 2.17 bits per heavy atom. The van der Waals surface area contributed by atoms with Gasteiger partial charge in [0.15, 0.2) is 5.76 Å². The first-order chi connectivity index (χ1) is 19.2. The van der Waals surface area contributed by atoms with Crippen molar-refractivity contribution in [2.24, 2.45) is 5.10 Å². The number of carbonyl (C=O) groups is 2. The van der Waals surface area contributed by atoms with Crippen LogP contribution < -0.4 is 10.7 Å². The maximum absolute atomic E-state index is 13.4. The standard InChI is InChI=1S/C31H26F3N3O3/c1-19-26-24(36-37-29(38)27(20-10-4-2-5-11-20)21-12-6-3-7-13-21)16-9-17-25(26)40-28(19)30(39)35-23-15-8-14-22(18-23)31(32,33)34/h2-8,10-15,18,27H,9,16-17H2,1H3,(H,35,39)(H,37,38)/b36-24+. The summed E-state index contributed by atoms with van der Waals surface area (Å²) in [7, 11) is 0. The van der Waals surface area contributed by atoms with Gasteiger partial charge in [0.1, 0.15) is 5.76 Å². The van der Waals surface area contributed by atoms with Crippen molar-refractivity contribution in [3.8, 4) is 0 Å². The first-order valence-corrected chi connectivity index (χ1v) is 12.8. The van der Waals surface area contributed by atoms with E-state index < -0.39 is 23.6 Å². The van der Waals surface area contributed by atoms with Gasteiger partial charge in [-0.05, 0) is 49.1 Å². The molecule has 6 nitrogen and oxygen atoms in total. The summed E-state index contributed by atoms with van der Waals surface area (Å²) in [5.41, 5.74) is 5.22. The van der Waals surface area contributed by atoms with Gasteiger partial charge in [0, 0.05) is 23.2 Å². The molecule has 0 spiro atoms. The van der Waals surface area contributed by atoms with E-state index in [0.717, 1.165) is 23.3 Å². The molecular weight excluding hydrogens is 519 g/mol. The Morgan fingerprint density at radius 1 is 0.900 bits per heavy atom. The lowest BCUT2D eigenvalue weighted by Crippen LogP contribution is -2.28. The van der Waals surface area contributed by atoms with Crippen molar-refractivity contribution >= 4 is 23.2 Å². The first-order valence-electron chi connectivity index (χ1n) is 12.8. The number of fused-ring (bicyclic) bond motifs is 1. The lowest BCUT2D eigenvalue weighted by atomic mass is 9.90. The summed E-state index contributed by atoms with van der Waals surface area (Å²) in [5, 5.41) is 6.95. The average molecular weight is 546 g/mol. The highest BCUT2D eigenvalue weighted by Crippen LogP contribution is 2.33. The quantitative estimate of drug-likeness (QED) is 0.260. The summed E-state index contributed by atoms with van der Waals surface area (Å²) in [5.74, 6) is -0.999. The lowest BCUT2D eigenvalue weighted by molar-refractivity contribution is -0.137. The molecule has 0 saturated heterocycles. The fourth-order valence-electron chi connectivity index (χ4n) is 4.93. The first kappa shape index (κ1) is 26.9. The van der Waals surface area contributed by atoms with Crippen molar-refractivity contribution in [1.82, 2.24) is 5.43 Å². The van der Waals surface area contributed by atoms with Gasteiger partial charge in [0.05, 0.1) is 17.2 Å². The van der Waals surface area contributed by atoms with E-state index in [4.69, 9.17) is 4.42 Å². The molecule has 9 heteroatoms. The van der Waals surface area contributed by atoms with E-state index in [9.17, 15) is 22.8 Å². The number of anilines is 1. The van der Waals surface area contributed by atoms with Gasteiger partial charge >= 0.3 is 6.18 Å². The number of rotatable bonds is 6. The van der Waals surface area contributed by atoms with E-state index in [2.05, 4.69) is 15.8 Å². The van der Waals surface area contributed by atoms with Crippen molar-refractivity contribution in [3.63, 3.8) is 0 Å². The van der Waals surface area contributed by atoms with E-state index in [0.29, 0.717) is 41.9 Å². The second-order valence-corrected chi connectivity index (χ2v) is 9.53. The number of benzene rings is 3. The Labute approximate surface area is 228 Å². The third kappa shape index (κ3) is 5.68. The number of alkyl halides is 3. The van der Waals surface area contributed by atoms with Crippen LogP contribution in [0.5, 0.6) is 0 Å². The van der Waals surface area contributed by atoms with E-state index in [1.165, 1.54) is 12.1 Å². The van der Waals surface area contributed by atoms with Crippen LogP contribution >= 0.6 is 0 Å². The maximum Gasteiger partial charge on any atom is 0.416 e. The van der Waals surface area contributed by atoms with Crippen LogP contribution in [0.2, 0.25) is 0 Å². The molecule has 1 aliphatic carbocycles. The molecule has 1 aromatic heterocycles. The number of furan rings is 1. The van der Waals surface area contributed by atoms with Gasteiger partial charge in [-0.2, -0.15) is 18.3 Å². The van der Waals surface area contributed by atoms with Crippen LogP contribution in [0.15, 0.2) is 94.4 Å². The summed E-state index contributed by atoms with van der Waals surface area (Å²) >= 11 is 0. The second-order valence-electron chi connectivity index (χ2n) is 9.53. The van der Waals surface area contributed by atoms with Gasteiger partial charge in [0.2, 0.25) is 0 Å². The zero-order valence-electron chi connectivity index (χ0n) is 21.6. The Hall–Kier alpha value is -4.66. The van der Waals surface area contributed by atoms with Crippen molar-refractivity contribution in [1.29, 1.82) is 0 Å². The highest BCUT2D eigenvalue weighted by atomic mass is 19.4.